The van der Waals surface area contributed by atoms with Crippen molar-refractivity contribution in [3.05, 3.63) is 41.4 Å². The summed E-state index contributed by atoms with van der Waals surface area (Å²) < 4.78 is 5.22. The second-order valence-electron chi connectivity index (χ2n) is 2.60. The van der Waals surface area contributed by atoms with Gasteiger partial charge in [0.15, 0.2) is 0 Å². The topological polar surface area (TPSA) is 26.3 Å². The lowest BCUT2D eigenvalue weighted by molar-refractivity contribution is 0.108. The predicted octanol–water partition coefficient (Wildman–Crippen LogP) is 3.20. The van der Waals surface area contributed by atoms with E-state index in [0.717, 1.165) is 0 Å². The van der Waals surface area contributed by atoms with Crippen LogP contribution in [0.15, 0.2) is 35.9 Å². The third kappa shape index (κ3) is 3.40. The van der Waals surface area contributed by atoms with Crippen LogP contribution in [-0.4, -0.2) is 11.8 Å². The normalized spacial score (nSPS) is 9.57. The molecule has 0 heterocycles. The summed E-state index contributed by atoms with van der Waals surface area (Å²) in [5, 5.41) is -0.0687. The Balaban J connectivity index is 2.64. The zero-order valence-electron chi connectivity index (χ0n) is 7.30. The predicted molar refractivity (Wildman–Crippen MR) is 57.1 cm³/mol. The van der Waals surface area contributed by atoms with Crippen LogP contribution in [0.4, 0.5) is 0 Å². The molecule has 0 bridgehead atoms. The van der Waals surface area contributed by atoms with Gasteiger partial charge in [-0.25, -0.2) is 0 Å². The SMILES string of the molecule is C=C(Cl)COc1ccc(C(=O)Cl)cc1. The quantitative estimate of drug-likeness (QED) is 0.743. The van der Waals surface area contributed by atoms with Crippen molar-refractivity contribution in [2.24, 2.45) is 0 Å². The van der Waals surface area contributed by atoms with E-state index in [0.29, 0.717) is 16.3 Å². The molecule has 0 aliphatic rings. The van der Waals surface area contributed by atoms with Crippen LogP contribution in [0.25, 0.3) is 0 Å². The Morgan fingerprint density at radius 2 is 1.86 bits per heavy atom. The van der Waals surface area contributed by atoms with Gasteiger partial charge >= 0.3 is 0 Å². The van der Waals surface area contributed by atoms with Gasteiger partial charge in [-0.05, 0) is 35.9 Å². The summed E-state index contributed by atoms with van der Waals surface area (Å²) in [4.78, 5) is 10.7. The van der Waals surface area contributed by atoms with Gasteiger partial charge in [-0.2, -0.15) is 0 Å². The van der Waals surface area contributed by atoms with Crippen LogP contribution in [-0.2, 0) is 0 Å². The maximum absolute atomic E-state index is 10.7. The van der Waals surface area contributed by atoms with Gasteiger partial charge in [0.2, 0.25) is 0 Å². The molecular formula is C10H8Cl2O2. The summed E-state index contributed by atoms with van der Waals surface area (Å²) in [6.07, 6.45) is 0. The highest BCUT2D eigenvalue weighted by Gasteiger charge is 2.01. The second kappa shape index (κ2) is 5.03. The van der Waals surface area contributed by atoms with Crippen LogP contribution >= 0.6 is 23.2 Å². The van der Waals surface area contributed by atoms with E-state index in [4.69, 9.17) is 27.9 Å². The van der Waals surface area contributed by atoms with Crippen LogP contribution in [0, 0.1) is 0 Å². The molecule has 0 spiro atoms. The second-order valence-corrected chi connectivity index (χ2v) is 3.48. The summed E-state index contributed by atoms with van der Waals surface area (Å²) >= 11 is 10.8. The van der Waals surface area contributed by atoms with Gasteiger partial charge in [0.1, 0.15) is 12.4 Å². The number of hydrogen-bond donors (Lipinski definition) is 0. The molecule has 0 radical (unpaired) electrons. The molecule has 1 rings (SSSR count). The van der Waals surface area contributed by atoms with E-state index in [1.54, 1.807) is 24.3 Å². The standard InChI is InChI=1S/C10H8Cl2O2/c1-7(11)6-14-9-4-2-8(3-5-9)10(12)13/h2-5H,1,6H2. The van der Waals surface area contributed by atoms with Crippen molar-refractivity contribution in [3.8, 4) is 5.75 Å². The molecular weight excluding hydrogens is 223 g/mol. The molecule has 0 saturated heterocycles. The first kappa shape index (κ1) is 11.1. The summed E-state index contributed by atoms with van der Waals surface area (Å²) in [5.74, 6) is 0.619. The van der Waals surface area contributed by atoms with Gasteiger partial charge in [-0.1, -0.05) is 18.2 Å². The lowest BCUT2D eigenvalue weighted by atomic mass is 10.2. The van der Waals surface area contributed by atoms with E-state index >= 15 is 0 Å². The number of halogens is 2. The summed E-state index contributed by atoms with van der Waals surface area (Å²) in [6, 6.07) is 6.47. The molecule has 0 aliphatic carbocycles. The minimum atomic E-state index is -0.488. The van der Waals surface area contributed by atoms with E-state index in [1.165, 1.54) is 0 Å². The van der Waals surface area contributed by atoms with Gasteiger partial charge in [-0.15, -0.1) is 0 Å². The fourth-order valence-electron chi connectivity index (χ4n) is 0.844. The first-order valence-corrected chi connectivity index (χ1v) is 4.61. The van der Waals surface area contributed by atoms with Gasteiger partial charge in [-0.3, -0.25) is 4.79 Å². The Labute approximate surface area is 92.1 Å². The summed E-state index contributed by atoms with van der Waals surface area (Å²) in [5.41, 5.74) is 0.434. The van der Waals surface area contributed by atoms with Crippen LogP contribution in [0.1, 0.15) is 10.4 Å². The van der Waals surface area contributed by atoms with Crippen molar-refractivity contribution in [1.82, 2.24) is 0 Å². The van der Waals surface area contributed by atoms with Crippen molar-refractivity contribution in [3.63, 3.8) is 0 Å². The monoisotopic (exact) mass is 230 g/mol. The fraction of sp³-hybridized carbons (Fsp3) is 0.100. The molecule has 0 aromatic heterocycles. The third-order valence-corrected chi connectivity index (χ3v) is 1.80. The maximum Gasteiger partial charge on any atom is 0.252 e. The zero-order valence-corrected chi connectivity index (χ0v) is 8.81. The van der Waals surface area contributed by atoms with E-state index in [-0.39, 0.29) is 6.61 Å². The lowest BCUT2D eigenvalue weighted by Gasteiger charge is -2.04. The van der Waals surface area contributed by atoms with Crippen molar-refractivity contribution < 1.29 is 9.53 Å². The molecule has 74 valence electrons. The molecule has 2 nitrogen and oxygen atoms in total. The van der Waals surface area contributed by atoms with Crippen LogP contribution in [0.5, 0.6) is 5.75 Å². The average Bonchev–Trinajstić information content (AvgIpc) is 2.15. The number of rotatable bonds is 4. The zero-order chi connectivity index (χ0) is 10.6. The summed E-state index contributed by atoms with van der Waals surface area (Å²) in [7, 11) is 0. The van der Waals surface area contributed by atoms with Crippen LogP contribution in [0.2, 0.25) is 0 Å². The average molecular weight is 231 g/mol. The Morgan fingerprint density at radius 1 is 1.29 bits per heavy atom. The lowest BCUT2D eigenvalue weighted by Crippen LogP contribution is -1.96. The van der Waals surface area contributed by atoms with Crippen molar-refractivity contribution in [1.29, 1.82) is 0 Å². The van der Waals surface area contributed by atoms with Crippen LogP contribution < -0.4 is 4.74 Å². The minimum absolute atomic E-state index is 0.246. The first-order valence-electron chi connectivity index (χ1n) is 3.85. The third-order valence-electron chi connectivity index (χ3n) is 1.48. The molecule has 0 aliphatic heterocycles. The highest BCUT2D eigenvalue weighted by atomic mass is 35.5. The van der Waals surface area contributed by atoms with Crippen molar-refractivity contribution in [2.45, 2.75) is 0 Å². The number of carbonyl (C=O) groups excluding carboxylic acids is 1. The van der Waals surface area contributed by atoms with Gasteiger partial charge in [0, 0.05) is 10.6 Å². The molecule has 1 aromatic carbocycles. The molecule has 0 N–H and O–H groups in total. The largest absolute Gasteiger partial charge is 0.488 e. The number of benzene rings is 1. The fourth-order valence-corrected chi connectivity index (χ4v) is 1.02. The minimum Gasteiger partial charge on any atom is -0.488 e. The molecule has 0 atom stereocenters. The highest BCUT2D eigenvalue weighted by molar-refractivity contribution is 6.67. The Morgan fingerprint density at radius 3 is 2.29 bits per heavy atom. The Hall–Kier alpha value is -0.990. The van der Waals surface area contributed by atoms with Gasteiger partial charge in [0.25, 0.3) is 5.24 Å². The highest BCUT2D eigenvalue weighted by Crippen LogP contribution is 2.14. The molecule has 0 amide bonds. The molecule has 0 fully saturated rings. The number of carbonyl (C=O) groups is 1. The van der Waals surface area contributed by atoms with E-state index < -0.39 is 5.24 Å². The maximum atomic E-state index is 10.7. The van der Waals surface area contributed by atoms with Crippen molar-refractivity contribution >= 4 is 28.4 Å². The Bertz CT molecular complexity index is 344. The van der Waals surface area contributed by atoms with Crippen molar-refractivity contribution in [2.75, 3.05) is 6.61 Å². The van der Waals surface area contributed by atoms with E-state index in [9.17, 15) is 4.79 Å². The molecule has 4 heteroatoms. The van der Waals surface area contributed by atoms with Gasteiger partial charge < -0.3 is 4.74 Å². The molecule has 14 heavy (non-hydrogen) atoms. The first-order chi connectivity index (χ1) is 6.59. The summed E-state index contributed by atoms with van der Waals surface area (Å²) in [6.45, 7) is 3.73. The van der Waals surface area contributed by atoms with E-state index in [2.05, 4.69) is 6.58 Å². The van der Waals surface area contributed by atoms with Gasteiger partial charge in [0.05, 0.1) is 0 Å². The smallest absolute Gasteiger partial charge is 0.252 e. The van der Waals surface area contributed by atoms with E-state index in [1.807, 2.05) is 0 Å². The molecule has 1 aromatic rings. The molecule has 0 saturated carbocycles. The number of hydrogen-bond acceptors (Lipinski definition) is 2. The number of ether oxygens (including phenoxy) is 1. The Kier molecular flexibility index (Phi) is 3.98. The van der Waals surface area contributed by atoms with Crippen LogP contribution in [0.3, 0.4) is 0 Å². The molecule has 0 unspecified atom stereocenters.